The van der Waals surface area contributed by atoms with Gasteiger partial charge in [0.1, 0.15) is 11.9 Å². The number of rotatable bonds is 1. The zero-order valence-corrected chi connectivity index (χ0v) is 17.4. The van der Waals surface area contributed by atoms with Gasteiger partial charge in [-0.15, -0.1) is 12.4 Å². The summed E-state index contributed by atoms with van der Waals surface area (Å²) in [4.78, 5) is 7.06. The minimum absolute atomic E-state index is 0. The average molecular weight is 424 g/mol. The van der Waals surface area contributed by atoms with Crippen LogP contribution < -0.4 is 0 Å². The summed E-state index contributed by atoms with van der Waals surface area (Å²) < 4.78 is 0. The Balaban J connectivity index is 0.00000131. The third-order valence-electron chi connectivity index (χ3n) is 4.75. The molecule has 4 rings (SSSR count). The number of hydrogen-bond donors (Lipinski definition) is 0. The second kappa shape index (κ2) is 8.49. The molecule has 6 heteroatoms. The Morgan fingerprint density at radius 2 is 1.63 bits per heavy atom. The predicted octanol–water partition coefficient (Wildman–Crippen LogP) is 5.35. The van der Waals surface area contributed by atoms with Crippen LogP contribution in [0.1, 0.15) is 22.7 Å². The molecule has 0 fully saturated rings. The standard InChI is InChI=1S/C21H18Cl2N2.ClH.H2O/c1-25(2)19-12-16-17(11-13-7-3-4-8-14(13)20(16)23)21(24-19)15-9-5-6-10-18(15)22;;/h3-11,21H,12H2,1-2H3;1H;1H2. The molecule has 27 heavy (non-hydrogen) atoms. The molecule has 0 saturated heterocycles. The maximum atomic E-state index is 6.82. The van der Waals surface area contributed by atoms with E-state index in [1.165, 1.54) is 0 Å². The van der Waals surface area contributed by atoms with Crippen molar-refractivity contribution in [2.45, 2.75) is 12.5 Å². The first kappa shape index (κ1) is 21.5. The van der Waals surface area contributed by atoms with Crippen LogP contribution in [0.3, 0.4) is 0 Å². The zero-order chi connectivity index (χ0) is 17.6. The zero-order valence-electron chi connectivity index (χ0n) is 15.0. The van der Waals surface area contributed by atoms with Crippen LogP contribution in [0.2, 0.25) is 10.0 Å². The first-order chi connectivity index (χ1) is 12.1. The van der Waals surface area contributed by atoms with E-state index in [0.717, 1.165) is 49.8 Å². The van der Waals surface area contributed by atoms with Gasteiger partial charge >= 0.3 is 0 Å². The summed E-state index contributed by atoms with van der Waals surface area (Å²) in [5, 5.41) is 3.76. The minimum Gasteiger partial charge on any atom is -0.412 e. The number of likely N-dealkylation sites (N-methyl/N-ethyl adjacent to an activating group) is 1. The topological polar surface area (TPSA) is 47.1 Å². The van der Waals surface area contributed by atoms with E-state index in [4.69, 9.17) is 28.2 Å². The average Bonchev–Trinajstić information content (AvgIpc) is 2.62. The van der Waals surface area contributed by atoms with E-state index in [9.17, 15) is 0 Å². The molecular formula is C21H21Cl3N2O. The van der Waals surface area contributed by atoms with Crippen LogP contribution in [-0.4, -0.2) is 30.3 Å². The highest BCUT2D eigenvalue weighted by molar-refractivity contribution is 6.36. The molecule has 2 N–H and O–H groups in total. The van der Waals surface area contributed by atoms with Gasteiger partial charge in [0.05, 0.1) is 5.02 Å². The van der Waals surface area contributed by atoms with E-state index < -0.39 is 0 Å². The fourth-order valence-electron chi connectivity index (χ4n) is 3.42. The summed E-state index contributed by atoms with van der Waals surface area (Å²) >= 11 is 13.3. The summed E-state index contributed by atoms with van der Waals surface area (Å²) in [6, 6.07) is 18.2. The molecule has 3 aromatic carbocycles. The lowest BCUT2D eigenvalue weighted by Gasteiger charge is -2.29. The van der Waals surface area contributed by atoms with Crippen molar-refractivity contribution >= 4 is 52.2 Å². The van der Waals surface area contributed by atoms with Crippen molar-refractivity contribution in [3.8, 4) is 0 Å². The van der Waals surface area contributed by atoms with Gasteiger partial charge in [0.2, 0.25) is 0 Å². The van der Waals surface area contributed by atoms with Crippen molar-refractivity contribution in [1.82, 2.24) is 4.90 Å². The van der Waals surface area contributed by atoms with Crippen LogP contribution in [0.15, 0.2) is 59.6 Å². The van der Waals surface area contributed by atoms with Crippen molar-refractivity contribution in [2.24, 2.45) is 4.99 Å². The molecule has 1 unspecified atom stereocenters. The highest BCUT2D eigenvalue weighted by Gasteiger charge is 2.28. The fourth-order valence-corrected chi connectivity index (χ4v) is 4.01. The largest absolute Gasteiger partial charge is 0.412 e. The summed E-state index contributed by atoms with van der Waals surface area (Å²) in [5.74, 6) is 1.01. The highest BCUT2D eigenvalue weighted by atomic mass is 35.5. The van der Waals surface area contributed by atoms with E-state index in [1.807, 2.05) is 50.5 Å². The second-order valence-electron chi connectivity index (χ2n) is 6.52. The van der Waals surface area contributed by atoms with Crippen LogP contribution in [0.4, 0.5) is 0 Å². The Bertz CT molecular complexity index is 1000. The van der Waals surface area contributed by atoms with E-state index in [-0.39, 0.29) is 23.9 Å². The Morgan fingerprint density at radius 1 is 0.963 bits per heavy atom. The van der Waals surface area contributed by atoms with Crippen LogP contribution in [0.25, 0.3) is 10.8 Å². The Kier molecular flexibility index (Phi) is 6.77. The lowest BCUT2D eigenvalue weighted by atomic mass is 9.88. The molecule has 0 spiro atoms. The molecule has 0 saturated carbocycles. The lowest BCUT2D eigenvalue weighted by molar-refractivity contribution is 0.592. The monoisotopic (exact) mass is 422 g/mol. The number of nitrogens with zero attached hydrogens (tertiary/aromatic N) is 2. The minimum atomic E-state index is -0.142. The van der Waals surface area contributed by atoms with Crippen molar-refractivity contribution in [3.05, 3.63) is 81.3 Å². The number of amidine groups is 1. The molecule has 0 amide bonds. The number of aliphatic imine (C=N–C) groups is 1. The SMILES string of the molecule is CN(C)C1=NC(c2ccccc2Cl)c2cc3ccccc3c(Cl)c2C1.Cl.O. The van der Waals surface area contributed by atoms with Crippen LogP contribution in [-0.2, 0) is 6.42 Å². The number of benzene rings is 3. The number of fused-ring (bicyclic) bond motifs is 2. The van der Waals surface area contributed by atoms with Gasteiger partial charge in [-0.25, -0.2) is 0 Å². The molecule has 0 radical (unpaired) electrons. The maximum Gasteiger partial charge on any atom is 0.104 e. The van der Waals surface area contributed by atoms with Gasteiger partial charge in [-0.1, -0.05) is 65.7 Å². The highest BCUT2D eigenvalue weighted by Crippen LogP contribution is 2.42. The Labute approximate surface area is 175 Å². The molecule has 3 nitrogen and oxygen atoms in total. The van der Waals surface area contributed by atoms with Gasteiger partial charge < -0.3 is 10.4 Å². The third kappa shape index (κ3) is 3.78. The van der Waals surface area contributed by atoms with Crippen molar-refractivity contribution in [1.29, 1.82) is 0 Å². The molecule has 0 aromatic heterocycles. The van der Waals surface area contributed by atoms with Crippen LogP contribution in [0, 0.1) is 0 Å². The summed E-state index contributed by atoms with van der Waals surface area (Å²) in [7, 11) is 4.03. The maximum absolute atomic E-state index is 6.82. The van der Waals surface area contributed by atoms with Crippen LogP contribution in [0.5, 0.6) is 0 Å². The fraction of sp³-hybridized carbons (Fsp3) is 0.190. The van der Waals surface area contributed by atoms with Gasteiger partial charge in [-0.05, 0) is 34.2 Å². The molecular weight excluding hydrogens is 403 g/mol. The quantitative estimate of drug-likeness (QED) is 0.520. The predicted molar refractivity (Wildman–Crippen MR) is 118 cm³/mol. The number of halogens is 3. The van der Waals surface area contributed by atoms with Gasteiger partial charge in [-0.2, -0.15) is 0 Å². The molecule has 1 heterocycles. The van der Waals surface area contributed by atoms with Gasteiger partial charge in [0.15, 0.2) is 0 Å². The van der Waals surface area contributed by atoms with Gasteiger partial charge in [-0.3, -0.25) is 4.99 Å². The summed E-state index contributed by atoms with van der Waals surface area (Å²) in [5.41, 5.74) is 3.29. The number of hydrogen-bond acceptors (Lipinski definition) is 2. The molecule has 1 aliphatic rings. The van der Waals surface area contributed by atoms with Gasteiger partial charge in [0, 0.05) is 30.9 Å². The smallest absolute Gasteiger partial charge is 0.104 e. The summed E-state index contributed by atoms with van der Waals surface area (Å²) in [6.45, 7) is 0. The van der Waals surface area contributed by atoms with Gasteiger partial charge in [0.25, 0.3) is 0 Å². The first-order valence-electron chi connectivity index (χ1n) is 8.24. The second-order valence-corrected chi connectivity index (χ2v) is 7.31. The normalized spacial score (nSPS) is 15.3. The van der Waals surface area contributed by atoms with Crippen molar-refractivity contribution in [2.75, 3.05) is 14.1 Å². The molecule has 1 aliphatic heterocycles. The van der Waals surface area contributed by atoms with Crippen LogP contribution >= 0.6 is 35.6 Å². The van der Waals surface area contributed by atoms with Crippen molar-refractivity contribution < 1.29 is 5.48 Å². The molecule has 0 bridgehead atoms. The molecule has 3 aromatic rings. The molecule has 1 atom stereocenters. The lowest BCUT2D eigenvalue weighted by Crippen LogP contribution is -2.29. The van der Waals surface area contributed by atoms with E-state index >= 15 is 0 Å². The van der Waals surface area contributed by atoms with Crippen molar-refractivity contribution in [3.63, 3.8) is 0 Å². The summed E-state index contributed by atoms with van der Waals surface area (Å²) in [6.07, 6.45) is 0.729. The third-order valence-corrected chi connectivity index (χ3v) is 5.52. The van der Waals surface area contributed by atoms with E-state index in [0.29, 0.717) is 0 Å². The molecule has 0 aliphatic carbocycles. The first-order valence-corrected chi connectivity index (χ1v) is 9.00. The Morgan fingerprint density at radius 3 is 2.33 bits per heavy atom. The molecule has 142 valence electrons. The van der Waals surface area contributed by atoms with E-state index in [1.54, 1.807) is 0 Å². The van der Waals surface area contributed by atoms with E-state index in [2.05, 4.69) is 23.1 Å². The Hall–Kier alpha value is -1.78.